The number of hydrogen-bond donors (Lipinski definition) is 4. The first-order chi connectivity index (χ1) is 35.4. The lowest BCUT2D eigenvalue weighted by Crippen LogP contribution is -2.04. The molecule has 0 saturated heterocycles. The molecule has 0 fully saturated rings. The summed E-state index contributed by atoms with van der Waals surface area (Å²) in [5, 5.41) is 38.7. The van der Waals surface area contributed by atoms with Crippen LogP contribution in [0.4, 0.5) is 0 Å². The van der Waals surface area contributed by atoms with Gasteiger partial charge in [-0.3, -0.25) is 9.59 Å². The third-order valence-corrected chi connectivity index (χ3v) is 12.7. The Morgan fingerprint density at radius 2 is 0.438 bits per heavy atom. The van der Waals surface area contributed by atoms with Crippen LogP contribution in [0.3, 0.4) is 0 Å². The molecule has 0 aromatic heterocycles. The van der Waals surface area contributed by atoms with E-state index in [-0.39, 0.29) is 33.8 Å². The lowest BCUT2D eigenvalue weighted by Gasteiger charge is -2.15. The molecule has 4 N–H and O–H groups in total. The fourth-order valence-corrected chi connectivity index (χ4v) is 9.30. The van der Waals surface area contributed by atoms with Gasteiger partial charge in [0.15, 0.2) is 11.6 Å². The van der Waals surface area contributed by atoms with E-state index in [2.05, 4.69) is 0 Å². The van der Waals surface area contributed by atoms with Crippen molar-refractivity contribution in [3.63, 3.8) is 0 Å². The number of carbonyl (C=O) groups excluding carboxylic acids is 2. The van der Waals surface area contributed by atoms with Gasteiger partial charge >= 0.3 is 23.9 Å². The molecule has 0 amide bonds. The molecule has 0 aliphatic heterocycles. The number of carboxylic acid groups (broad SMARTS) is 4. The maximum Gasteiger partial charge on any atom is 0.335 e. The van der Waals surface area contributed by atoms with Gasteiger partial charge in [-0.1, -0.05) is 133 Å². The summed E-state index contributed by atoms with van der Waals surface area (Å²) in [6, 6.07) is 57.5. The number of benzene rings is 8. The second kappa shape index (κ2) is 19.3. The van der Waals surface area contributed by atoms with E-state index in [0.717, 1.165) is 11.1 Å². The number of aromatic carboxylic acids is 4. The minimum atomic E-state index is -1.11. The highest BCUT2D eigenvalue weighted by Gasteiger charge is 2.37. The Kier molecular flexibility index (Phi) is 12.3. The first kappa shape index (κ1) is 46.5. The van der Waals surface area contributed by atoms with Crippen LogP contribution in [-0.4, -0.2) is 55.9 Å². The van der Waals surface area contributed by atoms with E-state index in [1.807, 2.05) is 84.9 Å². The Bertz CT molecular complexity index is 3450. The minimum absolute atomic E-state index is 0.0513. The molecule has 11 nitrogen and oxygen atoms in total. The molecule has 8 aromatic rings. The maximum atomic E-state index is 14.9. The molecule has 352 valence electrons. The summed E-state index contributed by atoms with van der Waals surface area (Å²) in [5.41, 5.74) is 8.72. The highest BCUT2D eigenvalue weighted by atomic mass is 16.5. The van der Waals surface area contributed by atoms with Crippen molar-refractivity contribution in [2.75, 3.05) is 0 Å². The average molecular weight is 959 g/mol. The second-order valence-corrected chi connectivity index (χ2v) is 17.1. The monoisotopic (exact) mass is 958 g/mol. The van der Waals surface area contributed by atoms with E-state index in [9.17, 15) is 49.2 Å². The molecule has 0 bridgehead atoms. The lowest BCUT2D eigenvalue weighted by atomic mass is 9.89. The van der Waals surface area contributed by atoms with Gasteiger partial charge in [-0.2, -0.15) is 0 Å². The molecule has 0 radical (unpaired) electrons. The topological polar surface area (TPSA) is 193 Å². The van der Waals surface area contributed by atoms with Gasteiger partial charge in [0.2, 0.25) is 0 Å². The second-order valence-electron chi connectivity index (χ2n) is 17.1. The predicted octanol–water partition coefficient (Wildman–Crippen LogP) is 12.5. The maximum absolute atomic E-state index is 14.9. The van der Waals surface area contributed by atoms with E-state index in [1.165, 1.54) is 48.5 Å². The Labute approximate surface area is 416 Å². The van der Waals surface area contributed by atoms with Gasteiger partial charge in [0, 0.05) is 44.6 Å². The Morgan fingerprint density at radius 1 is 0.247 bits per heavy atom. The SMILES string of the molecule is O=C1C(c2ccc(C(=O)O)cc2)=C(c2ccccc2)C(c2ccc(Oc3ccc(C4=C(c5ccc(C(=O)O)cc5)C(=O)C(c5ccc(C(=O)O)cc5)=C4c4ccccc4)cc3)cc2)=C1c1ccc(C(=O)O)cc1. The van der Waals surface area contributed by atoms with Crippen LogP contribution in [0.2, 0.25) is 0 Å². The zero-order valence-corrected chi connectivity index (χ0v) is 38.3. The Hall–Kier alpha value is -10.3. The number of Topliss-reactive ketones (excluding diaryl/α,β-unsaturated/α-hetero) is 2. The fraction of sp³-hybridized carbons (Fsp3) is 0. The molecule has 2 aliphatic carbocycles. The van der Waals surface area contributed by atoms with Crippen LogP contribution in [0, 0.1) is 0 Å². The first-order valence-electron chi connectivity index (χ1n) is 22.8. The van der Waals surface area contributed by atoms with Gasteiger partial charge in [0.05, 0.1) is 22.3 Å². The Balaban J connectivity index is 1.05. The number of hydrogen-bond acceptors (Lipinski definition) is 7. The summed E-state index contributed by atoms with van der Waals surface area (Å²) in [6.07, 6.45) is 0. The zero-order valence-electron chi connectivity index (χ0n) is 38.3. The lowest BCUT2D eigenvalue weighted by molar-refractivity contribution is -0.109. The third kappa shape index (κ3) is 8.86. The number of ether oxygens (including phenoxy) is 1. The van der Waals surface area contributed by atoms with Crippen molar-refractivity contribution in [2.24, 2.45) is 0 Å². The summed E-state index contributed by atoms with van der Waals surface area (Å²) in [4.78, 5) is 77.1. The van der Waals surface area contributed by atoms with Crippen LogP contribution in [0.1, 0.15) is 85.9 Å². The van der Waals surface area contributed by atoms with Crippen LogP contribution >= 0.6 is 0 Å². The van der Waals surface area contributed by atoms with Crippen LogP contribution in [0.25, 0.3) is 44.6 Å². The van der Waals surface area contributed by atoms with Gasteiger partial charge in [0.1, 0.15) is 11.5 Å². The van der Waals surface area contributed by atoms with Gasteiger partial charge in [-0.15, -0.1) is 0 Å². The third-order valence-electron chi connectivity index (χ3n) is 12.7. The summed E-state index contributed by atoms with van der Waals surface area (Å²) < 4.78 is 6.42. The largest absolute Gasteiger partial charge is 0.478 e. The standard InChI is InChI=1S/C62H38O11/c63-57-53(39-11-19-43(20-12-39)59(65)66)49(35-7-3-1-4-8-35)51(55(57)41-15-23-45(24-16-41)61(69)70)37-27-31-47(32-28-37)73-48-33-29-38(30-34-48)52-50(36-9-5-2-6-10-36)54(40-13-21-44(22-14-40)60(67)68)58(64)56(52)42-17-25-46(26-18-42)62(71)72/h1-34H,(H,65,66)(H,67,68)(H,69,70)(H,71,72). The summed E-state index contributed by atoms with van der Waals surface area (Å²) in [5.74, 6) is -4.19. The van der Waals surface area contributed by atoms with E-state index in [0.29, 0.717) is 89.5 Å². The summed E-state index contributed by atoms with van der Waals surface area (Å²) in [7, 11) is 0. The molecule has 0 saturated carbocycles. The smallest absolute Gasteiger partial charge is 0.335 e. The number of carboxylic acids is 4. The van der Waals surface area contributed by atoms with E-state index in [1.54, 1.807) is 72.8 Å². The predicted molar refractivity (Wildman–Crippen MR) is 277 cm³/mol. The Morgan fingerprint density at radius 3 is 0.658 bits per heavy atom. The molecule has 8 aromatic carbocycles. The molecule has 11 heteroatoms. The summed E-state index contributed by atoms with van der Waals surface area (Å²) >= 11 is 0. The van der Waals surface area contributed by atoms with Gasteiger partial charge in [-0.05, 0) is 117 Å². The number of rotatable bonds is 14. The van der Waals surface area contributed by atoms with Crippen molar-refractivity contribution in [3.8, 4) is 11.5 Å². The van der Waals surface area contributed by atoms with Crippen molar-refractivity contribution in [1.82, 2.24) is 0 Å². The molecular formula is C62H38O11. The minimum Gasteiger partial charge on any atom is -0.478 e. The quantitative estimate of drug-likeness (QED) is 0.0810. The molecular weight excluding hydrogens is 921 g/mol. The van der Waals surface area contributed by atoms with Crippen LogP contribution < -0.4 is 4.74 Å². The zero-order chi connectivity index (χ0) is 50.9. The molecule has 73 heavy (non-hydrogen) atoms. The van der Waals surface area contributed by atoms with Crippen molar-refractivity contribution in [1.29, 1.82) is 0 Å². The molecule has 0 unspecified atom stereocenters. The van der Waals surface area contributed by atoms with Crippen LogP contribution in [0.5, 0.6) is 11.5 Å². The van der Waals surface area contributed by atoms with E-state index in [4.69, 9.17) is 4.74 Å². The number of ketones is 2. The van der Waals surface area contributed by atoms with Gasteiger partial charge in [-0.25, -0.2) is 19.2 Å². The van der Waals surface area contributed by atoms with Crippen LogP contribution in [-0.2, 0) is 9.59 Å². The van der Waals surface area contributed by atoms with E-state index < -0.39 is 23.9 Å². The van der Waals surface area contributed by atoms with Crippen LogP contribution in [0.15, 0.2) is 206 Å². The van der Waals surface area contributed by atoms with Crippen molar-refractivity contribution in [2.45, 2.75) is 0 Å². The first-order valence-corrected chi connectivity index (χ1v) is 22.8. The van der Waals surface area contributed by atoms with E-state index >= 15 is 0 Å². The normalized spacial score (nSPS) is 13.5. The van der Waals surface area contributed by atoms with Gasteiger partial charge < -0.3 is 25.2 Å². The van der Waals surface area contributed by atoms with Crippen molar-refractivity contribution in [3.05, 3.63) is 273 Å². The molecule has 0 spiro atoms. The van der Waals surface area contributed by atoms with Crippen molar-refractivity contribution >= 4 is 80.0 Å². The average Bonchev–Trinajstić information content (AvgIpc) is 3.90. The molecule has 2 aliphatic rings. The molecule has 10 rings (SSSR count). The number of carbonyl (C=O) groups is 6. The highest BCUT2D eigenvalue weighted by molar-refractivity contribution is 6.60. The number of allylic oxidation sites excluding steroid dienone is 8. The summed E-state index contributed by atoms with van der Waals surface area (Å²) in [6.45, 7) is 0. The fourth-order valence-electron chi connectivity index (χ4n) is 9.30. The molecule has 0 atom stereocenters. The van der Waals surface area contributed by atoms with Crippen molar-refractivity contribution < 1.29 is 53.9 Å². The molecule has 0 heterocycles. The van der Waals surface area contributed by atoms with Gasteiger partial charge in [0.25, 0.3) is 0 Å². The highest BCUT2D eigenvalue weighted by Crippen LogP contribution is 2.52.